The van der Waals surface area contributed by atoms with Gasteiger partial charge < -0.3 is 10.2 Å². The van der Waals surface area contributed by atoms with E-state index in [-0.39, 0.29) is 5.89 Å². The van der Waals surface area contributed by atoms with Crippen LogP contribution in [-0.2, 0) is 12.6 Å². The monoisotopic (exact) mass is 381 g/mol. The van der Waals surface area contributed by atoms with Gasteiger partial charge in [-0.15, -0.1) is 22.8 Å². The van der Waals surface area contributed by atoms with Crippen LogP contribution in [0.2, 0.25) is 0 Å². The fourth-order valence-corrected chi connectivity index (χ4v) is 2.15. The van der Waals surface area contributed by atoms with Gasteiger partial charge in [-0.2, -0.15) is 13.2 Å². The Morgan fingerprint density at radius 3 is 2.15 bits per heavy atom. The summed E-state index contributed by atoms with van der Waals surface area (Å²) in [5.41, 5.74) is 7.89. The van der Waals surface area contributed by atoms with E-state index in [0.29, 0.717) is 6.42 Å². The highest BCUT2D eigenvalue weighted by Gasteiger charge is 2.38. The van der Waals surface area contributed by atoms with Gasteiger partial charge in [0, 0.05) is 4.90 Å². The molecule has 0 amide bonds. The van der Waals surface area contributed by atoms with Crippen molar-refractivity contribution < 1.29 is 17.6 Å². The lowest BCUT2D eigenvalue weighted by molar-refractivity contribution is -0.157. The van der Waals surface area contributed by atoms with Crippen LogP contribution in [-0.4, -0.2) is 10.2 Å². The lowest BCUT2D eigenvalue weighted by Crippen LogP contribution is -2.13. The van der Waals surface area contributed by atoms with Gasteiger partial charge in [0.25, 0.3) is 0 Å². The van der Waals surface area contributed by atoms with Crippen molar-refractivity contribution in [3.05, 3.63) is 77.5 Å². The third-order valence-electron chi connectivity index (χ3n) is 3.33. The van der Waals surface area contributed by atoms with Crippen molar-refractivity contribution in [2.75, 3.05) is 0 Å². The maximum atomic E-state index is 12.3. The average Bonchev–Trinajstić information content (AvgIpc) is 3.10. The second-order valence-corrected chi connectivity index (χ2v) is 6.09. The van der Waals surface area contributed by atoms with Crippen molar-refractivity contribution in [1.82, 2.24) is 10.2 Å². The Morgan fingerprint density at radius 2 is 1.65 bits per heavy atom. The van der Waals surface area contributed by atoms with Gasteiger partial charge in [-0.3, -0.25) is 0 Å². The van der Waals surface area contributed by atoms with Gasteiger partial charge in [-0.1, -0.05) is 48.0 Å². The Morgan fingerprint density at radius 1 is 1.04 bits per heavy atom. The number of nitrogens with zero attached hydrogens (tertiary/aromatic N) is 2. The zero-order valence-corrected chi connectivity index (χ0v) is 14.8. The van der Waals surface area contributed by atoms with E-state index in [9.17, 15) is 13.2 Å². The quantitative estimate of drug-likeness (QED) is 0.650. The molecular weight excluding hydrogens is 363 g/mol. The van der Waals surface area contributed by atoms with E-state index in [4.69, 9.17) is 5.73 Å². The first kappa shape index (κ1) is 20.0. The van der Waals surface area contributed by atoms with Gasteiger partial charge >= 0.3 is 12.1 Å². The van der Waals surface area contributed by atoms with Gasteiger partial charge in [0.2, 0.25) is 5.89 Å². The van der Waals surface area contributed by atoms with Crippen molar-refractivity contribution in [3.8, 4) is 0 Å². The van der Waals surface area contributed by atoms with Crippen molar-refractivity contribution in [2.24, 2.45) is 5.73 Å². The molecule has 0 fully saturated rings. The topological polar surface area (TPSA) is 64.9 Å². The van der Waals surface area contributed by atoms with E-state index in [1.807, 2.05) is 54.6 Å². The van der Waals surface area contributed by atoms with E-state index in [2.05, 4.69) is 34.2 Å². The zero-order chi connectivity index (χ0) is 19.2. The Kier molecular flexibility index (Phi) is 6.82. The normalized spacial score (nSPS) is 12.2. The molecule has 4 nitrogen and oxygen atoms in total. The Balaban J connectivity index is 0.000000254. The van der Waals surface area contributed by atoms with Gasteiger partial charge in [0.15, 0.2) is 0 Å². The summed E-state index contributed by atoms with van der Waals surface area (Å²) < 4.78 is 41.3. The molecule has 0 aliphatic heterocycles. The molecule has 0 spiro atoms. The van der Waals surface area contributed by atoms with Crippen molar-refractivity contribution in [2.45, 2.75) is 30.5 Å². The summed E-state index contributed by atoms with van der Waals surface area (Å²) in [6, 6.07) is 16.4. The molecular formula is C18H18F3N3OS. The molecule has 3 rings (SSSR count). The molecule has 2 N–H and O–H groups in total. The molecule has 138 valence electrons. The second kappa shape index (κ2) is 8.86. The first-order valence-corrected chi connectivity index (χ1v) is 8.16. The fourth-order valence-electron chi connectivity index (χ4n) is 2.00. The predicted octanol–water partition coefficient (Wildman–Crippen LogP) is 4.61. The first-order chi connectivity index (χ1) is 12.3. The molecule has 0 saturated carbocycles. The smallest absolute Gasteiger partial charge is 0.416 e. The van der Waals surface area contributed by atoms with Crippen molar-refractivity contribution in [1.29, 1.82) is 0 Å². The number of rotatable bonds is 3. The maximum Gasteiger partial charge on any atom is 0.470 e. The van der Waals surface area contributed by atoms with Crippen LogP contribution < -0.4 is 5.73 Å². The van der Waals surface area contributed by atoms with Crippen LogP contribution in [0.3, 0.4) is 0 Å². The standard InChI is InChI=1S/C11H10F3N3O.C7H8S/c12-11(13,14)10-17-16-9(18-10)8(15)6-7-4-2-1-3-5-7;1-6-2-4-7(8)5-3-6/h1-5,8H,6,15H2;2-5,8H,1H3. The average molecular weight is 381 g/mol. The largest absolute Gasteiger partial charge is 0.470 e. The summed E-state index contributed by atoms with van der Waals surface area (Å²) in [6.07, 6.45) is -4.31. The minimum absolute atomic E-state index is 0.217. The summed E-state index contributed by atoms with van der Waals surface area (Å²) in [4.78, 5) is 1.02. The molecule has 0 aliphatic carbocycles. The summed E-state index contributed by atoms with van der Waals surface area (Å²) >= 11 is 4.13. The van der Waals surface area contributed by atoms with Crippen LogP contribution in [0.5, 0.6) is 0 Å². The molecule has 1 atom stereocenters. The van der Waals surface area contributed by atoms with Crippen molar-refractivity contribution in [3.63, 3.8) is 0 Å². The van der Waals surface area contributed by atoms with Crippen LogP contribution in [0.25, 0.3) is 0 Å². The van der Waals surface area contributed by atoms with E-state index in [1.165, 1.54) is 5.56 Å². The summed E-state index contributed by atoms with van der Waals surface area (Å²) in [5.74, 6) is -1.59. The van der Waals surface area contributed by atoms with Crippen LogP contribution in [0.1, 0.15) is 29.0 Å². The van der Waals surface area contributed by atoms with E-state index < -0.39 is 18.1 Å². The van der Waals surface area contributed by atoms with Crippen LogP contribution >= 0.6 is 12.6 Å². The molecule has 3 aromatic rings. The summed E-state index contributed by atoms with van der Waals surface area (Å²) in [6.45, 7) is 2.06. The summed E-state index contributed by atoms with van der Waals surface area (Å²) in [5, 5.41) is 6.25. The molecule has 1 unspecified atom stereocenters. The number of aryl methyl sites for hydroxylation is 1. The van der Waals surface area contributed by atoms with Gasteiger partial charge in [-0.05, 0) is 31.0 Å². The molecule has 8 heteroatoms. The second-order valence-electron chi connectivity index (χ2n) is 5.57. The lowest BCUT2D eigenvalue weighted by atomic mass is 10.1. The van der Waals surface area contributed by atoms with Gasteiger partial charge in [-0.25, -0.2) is 0 Å². The number of benzene rings is 2. The first-order valence-electron chi connectivity index (χ1n) is 7.71. The number of hydrogen-bond donors (Lipinski definition) is 2. The van der Waals surface area contributed by atoms with Crippen molar-refractivity contribution >= 4 is 12.6 Å². The highest BCUT2D eigenvalue weighted by molar-refractivity contribution is 7.80. The number of hydrogen-bond acceptors (Lipinski definition) is 5. The highest BCUT2D eigenvalue weighted by Crippen LogP contribution is 2.29. The molecule has 0 saturated heterocycles. The Labute approximate surface area is 154 Å². The number of aromatic nitrogens is 2. The predicted molar refractivity (Wildman–Crippen MR) is 94.8 cm³/mol. The van der Waals surface area contributed by atoms with E-state index >= 15 is 0 Å². The molecule has 0 radical (unpaired) electrons. The third kappa shape index (κ3) is 6.20. The molecule has 0 bridgehead atoms. The maximum absolute atomic E-state index is 12.3. The number of alkyl halides is 3. The number of halogens is 3. The van der Waals surface area contributed by atoms with Gasteiger partial charge in [0.05, 0.1) is 6.04 Å². The minimum atomic E-state index is -4.64. The SMILES string of the molecule is Cc1ccc(S)cc1.NC(Cc1ccccc1)c1nnc(C(F)(F)F)o1. The van der Waals surface area contributed by atoms with E-state index in [1.54, 1.807) is 0 Å². The third-order valence-corrected chi connectivity index (χ3v) is 3.63. The van der Waals surface area contributed by atoms with Crippen LogP contribution in [0.15, 0.2) is 63.9 Å². The van der Waals surface area contributed by atoms with E-state index in [0.717, 1.165) is 10.5 Å². The summed E-state index contributed by atoms with van der Waals surface area (Å²) in [7, 11) is 0. The molecule has 26 heavy (non-hydrogen) atoms. The molecule has 1 aromatic heterocycles. The molecule has 2 aromatic carbocycles. The van der Waals surface area contributed by atoms with Crippen LogP contribution in [0, 0.1) is 6.92 Å². The highest BCUT2D eigenvalue weighted by atomic mass is 32.1. The molecule has 1 heterocycles. The fraction of sp³-hybridized carbons (Fsp3) is 0.222. The number of thiol groups is 1. The Hall–Kier alpha value is -2.32. The zero-order valence-electron chi connectivity index (χ0n) is 13.9. The lowest BCUT2D eigenvalue weighted by Gasteiger charge is -2.06. The number of nitrogens with two attached hydrogens (primary N) is 1. The van der Waals surface area contributed by atoms with Gasteiger partial charge in [0.1, 0.15) is 0 Å². The minimum Gasteiger partial charge on any atom is -0.416 e. The van der Waals surface area contributed by atoms with Crippen LogP contribution in [0.4, 0.5) is 13.2 Å². The Bertz CT molecular complexity index is 784. The molecule has 0 aliphatic rings.